The number of nitrogens with one attached hydrogen (secondary N) is 1. The van der Waals surface area contributed by atoms with Gasteiger partial charge in [0.05, 0.1) is 16.6 Å². The molecule has 3 rings (SSSR count). The quantitative estimate of drug-likeness (QED) is 0.586. The molecule has 1 amide bonds. The molecule has 128 valence electrons. The van der Waals surface area contributed by atoms with Gasteiger partial charge in [-0.3, -0.25) is 9.48 Å². The van der Waals surface area contributed by atoms with Gasteiger partial charge in [0.1, 0.15) is 5.02 Å². The number of anilines is 1. The fourth-order valence-electron chi connectivity index (χ4n) is 2.17. The zero-order valence-electron chi connectivity index (χ0n) is 12.6. The van der Waals surface area contributed by atoms with Crippen molar-refractivity contribution in [3.63, 3.8) is 0 Å². The van der Waals surface area contributed by atoms with Crippen molar-refractivity contribution >= 4 is 58.1 Å². The predicted molar refractivity (Wildman–Crippen MR) is 102 cm³/mol. The average molecular weight is 415 g/mol. The molecule has 0 atom stereocenters. The first-order valence-electron chi connectivity index (χ1n) is 7.16. The zero-order valence-corrected chi connectivity index (χ0v) is 15.7. The number of carbonyl (C=O) groups excluding carboxylic acids is 1. The SMILES string of the molecule is O=C(Nc1nn(Cc2ccc(Cl)c(Cl)c2)cc1Cl)c1ccc(Cl)cc1. The van der Waals surface area contributed by atoms with E-state index in [1.165, 1.54) is 0 Å². The van der Waals surface area contributed by atoms with Crippen LogP contribution in [-0.2, 0) is 6.54 Å². The predicted octanol–water partition coefficient (Wildman–Crippen LogP) is 5.80. The first-order chi connectivity index (χ1) is 11.9. The first kappa shape index (κ1) is 18.1. The summed E-state index contributed by atoms with van der Waals surface area (Å²) in [5.74, 6) is -0.0416. The van der Waals surface area contributed by atoms with Crippen molar-refractivity contribution in [2.45, 2.75) is 6.54 Å². The molecule has 0 radical (unpaired) electrons. The van der Waals surface area contributed by atoms with Gasteiger partial charge in [0, 0.05) is 16.8 Å². The van der Waals surface area contributed by atoms with E-state index in [9.17, 15) is 4.79 Å². The summed E-state index contributed by atoms with van der Waals surface area (Å²) in [6, 6.07) is 11.8. The Bertz CT molecular complexity index is 922. The lowest BCUT2D eigenvalue weighted by Gasteiger charge is -2.04. The lowest BCUT2D eigenvalue weighted by molar-refractivity contribution is 0.102. The number of benzene rings is 2. The van der Waals surface area contributed by atoms with E-state index in [0.29, 0.717) is 32.2 Å². The van der Waals surface area contributed by atoms with Crippen molar-refractivity contribution in [1.29, 1.82) is 0 Å². The van der Waals surface area contributed by atoms with E-state index in [-0.39, 0.29) is 11.7 Å². The van der Waals surface area contributed by atoms with Gasteiger partial charge in [-0.05, 0) is 42.0 Å². The fourth-order valence-corrected chi connectivity index (χ4v) is 2.81. The van der Waals surface area contributed by atoms with Gasteiger partial charge in [0.25, 0.3) is 5.91 Å². The molecule has 2 aromatic carbocycles. The van der Waals surface area contributed by atoms with E-state index in [1.807, 2.05) is 6.07 Å². The smallest absolute Gasteiger partial charge is 0.256 e. The van der Waals surface area contributed by atoms with Crippen LogP contribution < -0.4 is 5.32 Å². The number of carbonyl (C=O) groups is 1. The minimum Gasteiger partial charge on any atom is -0.304 e. The number of halogens is 4. The lowest BCUT2D eigenvalue weighted by atomic mass is 10.2. The van der Waals surface area contributed by atoms with Crippen LogP contribution in [0.4, 0.5) is 5.82 Å². The maximum Gasteiger partial charge on any atom is 0.256 e. The third kappa shape index (κ3) is 4.47. The summed E-state index contributed by atoms with van der Waals surface area (Å²) in [6.45, 7) is 0.438. The van der Waals surface area contributed by atoms with Crippen LogP contribution in [0.5, 0.6) is 0 Å². The highest BCUT2D eigenvalue weighted by atomic mass is 35.5. The molecule has 0 aliphatic carbocycles. The third-order valence-corrected chi connectivity index (χ3v) is 4.65. The van der Waals surface area contributed by atoms with E-state index in [1.54, 1.807) is 47.3 Å². The average Bonchev–Trinajstić information content (AvgIpc) is 2.91. The Kier molecular flexibility index (Phi) is 5.54. The van der Waals surface area contributed by atoms with Gasteiger partial charge in [-0.1, -0.05) is 52.5 Å². The highest BCUT2D eigenvalue weighted by Gasteiger charge is 2.13. The van der Waals surface area contributed by atoms with Crippen molar-refractivity contribution in [3.8, 4) is 0 Å². The Balaban J connectivity index is 1.74. The molecule has 0 bridgehead atoms. The van der Waals surface area contributed by atoms with E-state index in [2.05, 4.69) is 10.4 Å². The lowest BCUT2D eigenvalue weighted by Crippen LogP contribution is -2.13. The molecule has 1 aromatic heterocycles. The molecule has 25 heavy (non-hydrogen) atoms. The number of hydrogen-bond donors (Lipinski definition) is 1. The first-order valence-corrected chi connectivity index (χ1v) is 8.67. The Labute approximate surface area is 164 Å². The summed E-state index contributed by atoms with van der Waals surface area (Å²) in [4.78, 5) is 12.2. The molecule has 0 saturated carbocycles. The Hall–Kier alpha value is -1.72. The van der Waals surface area contributed by atoms with Gasteiger partial charge in [0.15, 0.2) is 5.82 Å². The summed E-state index contributed by atoms with van der Waals surface area (Å²) in [5, 5.41) is 8.81. The van der Waals surface area contributed by atoms with Gasteiger partial charge < -0.3 is 5.32 Å². The van der Waals surface area contributed by atoms with Crippen molar-refractivity contribution in [2.75, 3.05) is 5.32 Å². The third-order valence-electron chi connectivity index (χ3n) is 3.38. The maximum atomic E-state index is 12.2. The van der Waals surface area contributed by atoms with Crippen molar-refractivity contribution < 1.29 is 4.79 Å². The number of rotatable bonds is 4. The normalized spacial score (nSPS) is 10.7. The number of nitrogens with zero attached hydrogens (tertiary/aromatic N) is 2. The molecule has 1 N–H and O–H groups in total. The van der Waals surface area contributed by atoms with E-state index in [0.717, 1.165) is 5.56 Å². The van der Waals surface area contributed by atoms with Gasteiger partial charge >= 0.3 is 0 Å². The number of hydrogen-bond acceptors (Lipinski definition) is 2. The molecule has 0 aliphatic rings. The van der Waals surface area contributed by atoms with Crippen LogP contribution in [0.3, 0.4) is 0 Å². The van der Waals surface area contributed by atoms with Crippen molar-refractivity contribution in [1.82, 2.24) is 9.78 Å². The van der Waals surface area contributed by atoms with Gasteiger partial charge in [-0.2, -0.15) is 5.10 Å². The molecule has 0 spiro atoms. The topological polar surface area (TPSA) is 46.9 Å². The second-order valence-corrected chi connectivity index (χ2v) is 6.89. The highest BCUT2D eigenvalue weighted by Crippen LogP contribution is 2.24. The molecule has 0 fully saturated rings. The Morgan fingerprint density at radius 2 is 1.68 bits per heavy atom. The molecule has 3 aromatic rings. The van der Waals surface area contributed by atoms with Crippen LogP contribution in [0.15, 0.2) is 48.7 Å². The molecule has 0 aliphatic heterocycles. The molecule has 0 saturated heterocycles. The van der Waals surface area contributed by atoms with Gasteiger partial charge in [0.2, 0.25) is 0 Å². The fraction of sp³-hybridized carbons (Fsp3) is 0.0588. The largest absolute Gasteiger partial charge is 0.304 e. The second kappa shape index (κ2) is 7.67. The maximum absolute atomic E-state index is 12.2. The summed E-state index contributed by atoms with van der Waals surface area (Å²) in [6.07, 6.45) is 1.63. The summed E-state index contributed by atoms with van der Waals surface area (Å²) >= 11 is 23.9. The van der Waals surface area contributed by atoms with Crippen LogP contribution >= 0.6 is 46.4 Å². The van der Waals surface area contributed by atoms with Crippen molar-refractivity contribution in [2.24, 2.45) is 0 Å². The Morgan fingerprint density at radius 3 is 2.36 bits per heavy atom. The van der Waals surface area contributed by atoms with Crippen LogP contribution in [0.1, 0.15) is 15.9 Å². The molecule has 0 unspecified atom stereocenters. The Morgan fingerprint density at radius 1 is 0.960 bits per heavy atom. The minimum atomic E-state index is -0.321. The zero-order chi connectivity index (χ0) is 18.0. The number of aromatic nitrogens is 2. The van der Waals surface area contributed by atoms with Crippen LogP contribution in [0, 0.1) is 0 Å². The summed E-state index contributed by atoms with van der Waals surface area (Å²) in [5.41, 5.74) is 1.36. The second-order valence-electron chi connectivity index (χ2n) is 5.23. The van der Waals surface area contributed by atoms with E-state index in [4.69, 9.17) is 46.4 Å². The van der Waals surface area contributed by atoms with Gasteiger partial charge in [-0.25, -0.2) is 0 Å². The van der Waals surface area contributed by atoms with Crippen LogP contribution in [0.25, 0.3) is 0 Å². The van der Waals surface area contributed by atoms with E-state index >= 15 is 0 Å². The minimum absolute atomic E-state index is 0.279. The van der Waals surface area contributed by atoms with Crippen molar-refractivity contribution in [3.05, 3.63) is 79.9 Å². The monoisotopic (exact) mass is 413 g/mol. The van der Waals surface area contributed by atoms with E-state index < -0.39 is 0 Å². The van der Waals surface area contributed by atoms with Crippen LogP contribution in [-0.4, -0.2) is 15.7 Å². The standard InChI is InChI=1S/C17H11Cl4N3O/c18-12-4-2-11(3-5-12)17(25)22-16-15(21)9-24(23-16)8-10-1-6-13(19)14(20)7-10/h1-7,9H,8H2,(H,22,23,25). The summed E-state index contributed by atoms with van der Waals surface area (Å²) < 4.78 is 1.61. The molecular formula is C17H11Cl4N3O. The molecule has 4 nitrogen and oxygen atoms in total. The number of amides is 1. The highest BCUT2D eigenvalue weighted by molar-refractivity contribution is 6.42. The van der Waals surface area contributed by atoms with Crippen LogP contribution in [0.2, 0.25) is 20.1 Å². The van der Waals surface area contributed by atoms with Gasteiger partial charge in [-0.15, -0.1) is 0 Å². The molecule has 1 heterocycles. The summed E-state index contributed by atoms with van der Waals surface area (Å²) in [7, 11) is 0. The molecule has 8 heteroatoms. The molecular weight excluding hydrogens is 404 g/mol.